The van der Waals surface area contributed by atoms with Gasteiger partial charge in [0, 0.05) is 14.2 Å². The molecule has 0 spiro atoms. The van der Waals surface area contributed by atoms with Crippen molar-refractivity contribution in [2.24, 2.45) is 0 Å². The van der Waals surface area contributed by atoms with Crippen LogP contribution >= 0.6 is 0 Å². The molecule has 1 unspecified atom stereocenters. The summed E-state index contributed by atoms with van der Waals surface area (Å²) in [6.07, 6.45) is -1.36. The zero-order chi connectivity index (χ0) is 12.1. The maximum atomic E-state index is 12.5. The van der Waals surface area contributed by atoms with Crippen molar-refractivity contribution in [1.29, 1.82) is 0 Å². The molecule has 0 heterocycles. The lowest BCUT2D eigenvalue weighted by atomic mass is 10.7. The molecule has 0 aromatic carbocycles. The van der Waals surface area contributed by atoms with Crippen LogP contribution in [0.25, 0.3) is 0 Å². The van der Waals surface area contributed by atoms with Gasteiger partial charge in [-0.1, -0.05) is 0 Å². The lowest BCUT2D eigenvalue weighted by Gasteiger charge is -2.08. The van der Waals surface area contributed by atoms with Crippen molar-refractivity contribution in [3.63, 3.8) is 0 Å². The fourth-order valence-electron chi connectivity index (χ4n) is 0.826. The molecule has 0 aromatic rings. The highest BCUT2D eigenvalue weighted by Crippen LogP contribution is 1.91. The van der Waals surface area contributed by atoms with Gasteiger partial charge < -0.3 is 23.7 Å². The second kappa shape index (κ2) is 12.8. The molecule has 0 aromatic heterocycles. The molecule has 0 N–H and O–H groups in total. The Morgan fingerprint density at radius 3 is 1.81 bits per heavy atom. The third kappa shape index (κ3) is 11.8. The molecule has 0 aliphatic rings. The van der Waals surface area contributed by atoms with Crippen LogP contribution in [0.1, 0.15) is 0 Å². The summed E-state index contributed by atoms with van der Waals surface area (Å²) >= 11 is 0. The first kappa shape index (κ1) is 15.7. The molecule has 98 valence electrons. The fourth-order valence-corrected chi connectivity index (χ4v) is 0.826. The third-order valence-corrected chi connectivity index (χ3v) is 1.68. The summed E-state index contributed by atoms with van der Waals surface area (Å²) in [5, 5.41) is 0. The van der Waals surface area contributed by atoms with Crippen LogP contribution in [0.3, 0.4) is 0 Å². The van der Waals surface area contributed by atoms with Gasteiger partial charge in [0.1, 0.15) is 6.61 Å². The lowest BCUT2D eigenvalue weighted by molar-refractivity contribution is -0.0761. The van der Waals surface area contributed by atoms with Gasteiger partial charge in [-0.05, 0) is 0 Å². The minimum atomic E-state index is -1.36. The molecule has 0 rings (SSSR count). The predicted octanol–water partition coefficient (Wildman–Crippen LogP) is 0.625. The van der Waals surface area contributed by atoms with Gasteiger partial charge in [-0.15, -0.1) is 0 Å². The number of halogens is 1. The molecule has 5 nitrogen and oxygen atoms in total. The zero-order valence-corrected chi connectivity index (χ0v) is 9.95. The normalized spacial score (nSPS) is 12.9. The molecular formula is C10H21FO5. The molecule has 0 aliphatic carbocycles. The smallest absolute Gasteiger partial charge is 0.222 e. The maximum absolute atomic E-state index is 12.5. The van der Waals surface area contributed by atoms with Gasteiger partial charge in [0.15, 0.2) is 0 Å². The summed E-state index contributed by atoms with van der Waals surface area (Å²) in [7, 11) is 2.91. The third-order valence-electron chi connectivity index (χ3n) is 1.68. The van der Waals surface area contributed by atoms with Crippen LogP contribution in [0.5, 0.6) is 0 Å². The summed E-state index contributed by atoms with van der Waals surface area (Å²) in [6.45, 7) is 2.87. The Labute approximate surface area is 95.8 Å². The first-order chi connectivity index (χ1) is 7.81. The van der Waals surface area contributed by atoms with Crippen LogP contribution in [-0.2, 0) is 23.7 Å². The van der Waals surface area contributed by atoms with Crippen molar-refractivity contribution in [1.82, 2.24) is 0 Å². The van der Waals surface area contributed by atoms with E-state index in [0.29, 0.717) is 39.6 Å². The largest absolute Gasteiger partial charge is 0.382 e. The van der Waals surface area contributed by atoms with Crippen LogP contribution < -0.4 is 0 Å². The molecule has 0 saturated carbocycles. The van der Waals surface area contributed by atoms with E-state index in [1.165, 1.54) is 7.11 Å². The van der Waals surface area contributed by atoms with Crippen LogP contribution in [-0.4, -0.2) is 66.8 Å². The quantitative estimate of drug-likeness (QED) is 0.468. The number of ether oxygens (including phenoxy) is 5. The minimum absolute atomic E-state index is 0.0653. The first-order valence-electron chi connectivity index (χ1n) is 5.20. The van der Waals surface area contributed by atoms with Crippen LogP contribution in [0.15, 0.2) is 0 Å². The Bertz CT molecular complexity index is 136. The van der Waals surface area contributed by atoms with E-state index >= 15 is 0 Å². The highest BCUT2D eigenvalue weighted by molar-refractivity contribution is 4.37. The van der Waals surface area contributed by atoms with Gasteiger partial charge in [0.05, 0.1) is 39.6 Å². The molecule has 0 saturated heterocycles. The van der Waals surface area contributed by atoms with Crippen LogP contribution in [0, 0.1) is 0 Å². The van der Waals surface area contributed by atoms with Crippen LogP contribution in [0.2, 0.25) is 0 Å². The van der Waals surface area contributed by atoms with E-state index < -0.39 is 6.36 Å². The summed E-state index contributed by atoms with van der Waals surface area (Å²) in [5.74, 6) is 0. The van der Waals surface area contributed by atoms with Crippen molar-refractivity contribution in [2.45, 2.75) is 6.36 Å². The molecule has 0 bridgehead atoms. The predicted molar refractivity (Wildman–Crippen MR) is 56.2 cm³/mol. The van der Waals surface area contributed by atoms with Gasteiger partial charge in [-0.2, -0.15) is 0 Å². The van der Waals surface area contributed by atoms with Gasteiger partial charge in [0.25, 0.3) is 0 Å². The molecule has 1 atom stereocenters. The fraction of sp³-hybridized carbons (Fsp3) is 1.00. The summed E-state index contributed by atoms with van der Waals surface area (Å²) in [6, 6.07) is 0. The van der Waals surface area contributed by atoms with Crippen molar-refractivity contribution in [3.8, 4) is 0 Å². The molecule has 0 amide bonds. The topological polar surface area (TPSA) is 46.2 Å². The highest BCUT2D eigenvalue weighted by atomic mass is 19.1. The number of rotatable bonds is 12. The van der Waals surface area contributed by atoms with Gasteiger partial charge in [0.2, 0.25) is 6.36 Å². The Kier molecular flexibility index (Phi) is 12.6. The van der Waals surface area contributed by atoms with E-state index in [4.69, 9.17) is 18.9 Å². The number of methoxy groups -OCH3 is 2. The molecule has 16 heavy (non-hydrogen) atoms. The zero-order valence-electron chi connectivity index (χ0n) is 9.95. The van der Waals surface area contributed by atoms with Crippen molar-refractivity contribution in [2.75, 3.05) is 60.5 Å². The van der Waals surface area contributed by atoms with Gasteiger partial charge in [-0.25, -0.2) is 4.39 Å². The summed E-state index contributed by atoms with van der Waals surface area (Å²) in [5.41, 5.74) is 0. The number of hydrogen-bond acceptors (Lipinski definition) is 5. The van der Waals surface area contributed by atoms with E-state index in [2.05, 4.69) is 4.74 Å². The first-order valence-corrected chi connectivity index (χ1v) is 5.20. The average Bonchev–Trinajstić information content (AvgIpc) is 2.31. The van der Waals surface area contributed by atoms with Crippen molar-refractivity contribution >= 4 is 0 Å². The van der Waals surface area contributed by atoms with E-state index in [0.717, 1.165) is 0 Å². The van der Waals surface area contributed by atoms with E-state index in [9.17, 15) is 4.39 Å². The second-order valence-corrected chi connectivity index (χ2v) is 2.94. The standard InChI is InChI=1S/C10H21FO5/c1-12-3-4-14-5-6-15-7-8-16-9-10(11)13-2/h10H,3-9H2,1-2H3. The van der Waals surface area contributed by atoms with Gasteiger partial charge in [-0.3, -0.25) is 0 Å². The maximum Gasteiger partial charge on any atom is 0.222 e. The van der Waals surface area contributed by atoms with Crippen LogP contribution in [0.4, 0.5) is 4.39 Å². The molecule has 0 fully saturated rings. The molecule has 0 radical (unpaired) electrons. The van der Waals surface area contributed by atoms with E-state index in [-0.39, 0.29) is 6.61 Å². The average molecular weight is 240 g/mol. The Morgan fingerprint density at radius 1 is 0.812 bits per heavy atom. The summed E-state index contributed by atoms with van der Waals surface area (Å²) < 4.78 is 36.9. The Balaban J connectivity index is 2.93. The van der Waals surface area contributed by atoms with Gasteiger partial charge >= 0.3 is 0 Å². The highest BCUT2D eigenvalue weighted by Gasteiger charge is 2.02. The van der Waals surface area contributed by atoms with E-state index in [1.54, 1.807) is 7.11 Å². The summed E-state index contributed by atoms with van der Waals surface area (Å²) in [4.78, 5) is 0. The van der Waals surface area contributed by atoms with Crippen molar-refractivity contribution in [3.05, 3.63) is 0 Å². The SMILES string of the molecule is COCCOCCOCCOCC(F)OC. The number of alkyl halides is 1. The molecular weight excluding hydrogens is 219 g/mol. The lowest BCUT2D eigenvalue weighted by Crippen LogP contribution is -2.16. The van der Waals surface area contributed by atoms with E-state index in [1.807, 2.05) is 0 Å². The Morgan fingerprint density at radius 2 is 1.31 bits per heavy atom. The molecule has 0 aliphatic heterocycles. The second-order valence-electron chi connectivity index (χ2n) is 2.94. The monoisotopic (exact) mass is 240 g/mol. The molecule has 6 heteroatoms. The number of hydrogen-bond donors (Lipinski definition) is 0. The minimum Gasteiger partial charge on any atom is -0.382 e. The Hall–Kier alpha value is -0.270. The van der Waals surface area contributed by atoms with Crippen molar-refractivity contribution < 1.29 is 28.1 Å².